The number of tetrazole rings is 1. The quantitative estimate of drug-likeness (QED) is 0.743. The van der Waals surface area contributed by atoms with E-state index in [1.807, 2.05) is 0 Å². The van der Waals surface area contributed by atoms with Gasteiger partial charge in [0.1, 0.15) is 6.33 Å². The molecule has 3 fully saturated rings. The standard InChI is InChI=1S/C20H28N6O/c27-20(10-12-25-16-21-22-23-25)26-14-18-8-9-19(26)15-24(13-18)11-4-7-17-5-2-1-3-6-17/h1-3,5-6,16,18-19H,4,7-15H2. The zero-order chi connectivity index (χ0) is 18.5. The van der Waals surface area contributed by atoms with Crippen LogP contribution in [-0.2, 0) is 17.8 Å². The van der Waals surface area contributed by atoms with Gasteiger partial charge in [0, 0.05) is 32.1 Å². The number of amides is 1. The van der Waals surface area contributed by atoms with E-state index in [-0.39, 0.29) is 5.91 Å². The highest BCUT2D eigenvalue weighted by Gasteiger charge is 2.36. The third-order valence-corrected chi connectivity index (χ3v) is 5.84. The van der Waals surface area contributed by atoms with Crippen molar-refractivity contribution in [1.82, 2.24) is 30.0 Å². The van der Waals surface area contributed by atoms with Crippen molar-refractivity contribution in [2.75, 3.05) is 26.2 Å². The summed E-state index contributed by atoms with van der Waals surface area (Å²) in [4.78, 5) is 17.5. The molecule has 144 valence electrons. The van der Waals surface area contributed by atoms with Gasteiger partial charge in [-0.3, -0.25) is 4.79 Å². The van der Waals surface area contributed by atoms with Crippen molar-refractivity contribution < 1.29 is 4.79 Å². The molecule has 2 bridgehead atoms. The average Bonchev–Trinajstić information content (AvgIpc) is 3.06. The Hall–Kier alpha value is -2.28. The summed E-state index contributed by atoms with van der Waals surface area (Å²) in [6.45, 7) is 4.73. The summed E-state index contributed by atoms with van der Waals surface area (Å²) < 4.78 is 1.63. The Morgan fingerprint density at radius 2 is 1.96 bits per heavy atom. The van der Waals surface area contributed by atoms with Crippen molar-refractivity contribution in [2.24, 2.45) is 5.92 Å². The fourth-order valence-corrected chi connectivity index (χ4v) is 4.46. The van der Waals surface area contributed by atoms with Gasteiger partial charge in [0.2, 0.25) is 5.91 Å². The number of rotatable bonds is 7. The highest BCUT2D eigenvalue weighted by atomic mass is 16.2. The second-order valence-corrected chi connectivity index (χ2v) is 7.81. The van der Waals surface area contributed by atoms with Gasteiger partial charge in [0.25, 0.3) is 0 Å². The van der Waals surface area contributed by atoms with Gasteiger partial charge in [-0.2, -0.15) is 0 Å². The molecule has 27 heavy (non-hydrogen) atoms. The van der Waals surface area contributed by atoms with E-state index in [0.717, 1.165) is 39.0 Å². The van der Waals surface area contributed by atoms with Gasteiger partial charge >= 0.3 is 0 Å². The lowest BCUT2D eigenvalue weighted by Gasteiger charge is -2.36. The minimum absolute atomic E-state index is 0.242. The molecule has 0 radical (unpaired) electrons. The molecule has 1 aromatic heterocycles. The molecule has 0 spiro atoms. The van der Waals surface area contributed by atoms with Gasteiger partial charge in [-0.25, -0.2) is 4.68 Å². The summed E-state index contributed by atoms with van der Waals surface area (Å²) in [5.74, 6) is 0.851. The van der Waals surface area contributed by atoms with Crippen LogP contribution in [-0.4, -0.2) is 68.1 Å². The lowest BCUT2D eigenvalue weighted by atomic mass is 9.94. The maximum Gasteiger partial charge on any atom is 0.224 e. The van der Waals surface area contributed by atoms with E-state index in [1.165, 1.54) is 18.4 Å². The molecule has 2 unspecified atom stereocenters. The first-order valence-electron chi connectivity index (χ1n) is 10.0. The number of aryl methyl sites for hydroxylation is 2. The summed E-state index contributed by atoms with van der Waals surface area (Å²) >= 11 is 0. The molecule has 4 heterocycles. The molecule has 1 aromatic carbocycles. The van der Waals surface area contributed by atoms with Crippen LogP contribution in [0.4, 0.5) is 0 Å². The fourth-order valence-electron chi connectivity index (χ4n) is 4.46. The van der Waals surface area contributed by atoms with Crippen LogP contribution >= 0.6 is 0 Å². The number of hydrogen-bond donors (Lipinski definition) is 0. The van der Waals surface area contributed by atoms with Crippen LogP contribution in [0.25, 0.3) is 0 Å². The number of fused-ring (bicyclic) bond motifs is 4. The number of nitrogens with zero attached hydrogens (tertiary/aromatic N) is 6. The van der Waals surface area contributed by atoms with Crippen molar-refractivity contribution in [2.45, 2.75) is 44.7 Å². The molecule has 0 N–H and O–H groups in total. The van der Waals surface area contributed by atoms with Crippen molar-refractivity contribution in [3.63, 3.8) is 0 Å². The highest BCUT2D eigenvalue weighted by Crippen LogP contribution is 2.28. The van der Waals surface area contributed by atoms with Crippen LogP contribution < -0.4 is 0 Å². The Labute approximate surface area is 160 Å². The van der Waals surface area contributed by atoms with Crippen LogP contribution in [0.1, 0.15) is 31.2 Å². The van der Waals surface area contributed by atoms with E-state index in [1.54, 1.807) is 11.0 Å². The summed E-state index contributed by atoms with van der Waals surface area (Å²) in [6, 6.07) is 11.1. The van der Waals surface area contributed by atoms with Gasteiger partial charge in [-0.1, -0.05) is 30.3 Å². The molecule has 7 heteroatoms. The normalized spacial score (nSPS) is 22.7. The molecule has 3 aliphatic rings. The number of carbonyl (C=O) groups excluding carboxylic acids is 1. The van der Waals surface area contributed by atoms with Crippen LogP contribution in [0, 0.1) is 5.92 Å². The molecule has 1 amide bonds. The van der Waals surface area contributed by atoms with Crippen LogP contribution in [0.5, 0.6) is 0 Å². The predicted octanol–water partition coefficient (Wildman–Crippen LogP) is 1.62. The number of hydrogen-bond acceptors (Lipinski definition) is 5. The van der Waals surface area contributed by atoms with E-state index < -0.39 is 0 Å². The maximum absolute atomic E-state index is 12.8. The van der Waals surface area contributed by atoms with Crippen molar-refractivity contribution in [3.8, 4) is 0 Å². The minimum atomic E-state index is 0.242. The molecule has 0 saturated carbocycles. The molecule has 3 saturated heterocycles. The Morgan fingerprint density at radius 3 is 2.78 bits per heavy atom. The zero-order valence-corrected chi connectivity index (χ0v) is 15.8. The second-order valence-electron chi connectivity index (χ2n) is 7.81. The molecule has 2 atom stereocenters. The van der Waals surface area contributed by atoms with Crippen LogP contribution in [0.15, 0.2) is 36.7 Å². The Kier molecular flexibility index (Phi) is 5.77. The van der Waals surface area contributed by atoms with E-state index in [2.05, 4.69) is 55.7 Å². The van der Waals surface area contributed by atoms with Gasteiger partial charge in [-0.15, -0.1) is 5.10 Å². The van der Waals surface area contributed by atoms with Crippen molar-refractivity contribution in [3.05, 3.63) is 42.2 Å². The SMILES string of the molecule is O=C(CCn1cnnn1)N1CC2CCC1CN(CCCc1ccccc1)C2. The van der Waals surface area contributed by atoms with Crippen LogP contribution in [0.3, 0.4) is 0 Å². The van der Waals surface area contributed by atoms with Gasteiger partial charge < -0.3 is 9.80 Å². The Balaban J connectivity index is 1.28. The molecular weight excluding hydrogens is 340 g/mol. The fraction of sp³-hybridized carbons (Fsp3) is 0.600. The van der Waals surface area contributed by atoms with E-state index >= 15 is 0 Å². The lowest BCUT2D eigenvalue weighted by Crippen LogP contribution is -2.47. The largest absolute Gasteiger partial charge is 0.338 e. The summed E-state index contributed by atoms with van der Waals surface area (Å²) in [6.07, 6.45) is 6.73. The lowest BCUT2D eigenvalue weighted by molar-refractivity contribution is -0.135. The topological polar surface area (TPSA) is 67.2 Å². The first-order chi connectivity index (χ1) is 13.3. The molecule has 5 rings (SSSR count). The van der Waals surface area contributed by atoms with E-state index in [9.17, 15) is 4.79 Å². The minimum Gasteiger partial charge on any atom is -0.338 e. The smallest absolute Gasteiger partial charge is 0.224 e. The first kappa shape index (κ1) is 18.1. The van der Waals surface area contributed by atoms with Gasteiger partial charge in [0.15, 0.2) is 0 Å². The third kappa shape index (κ3) is 4.71. The summed E-state index contributed by atoms with van der Waals surface area (Å²) in [7, 11) is 0. The Morgan fingerprint density at radius 1 is 1.07 bits per heavy atom. The van der Waals surface area contributed by atoms with E-state index in [4.69, 9.17) is 0 Å². The van der Waals surface area contributed by atoms with Gasteiger partial charge in [0.05, 0.1) is 6.54 Å². The summed E-state index contributed by atoms with van der Waals surface area (Å²) in [5.41, 5.74) is 1.41. The van der Waals surface area contributed by atoms with Crippen LogP contribution in [0.2, 0.25) is 0 Å². The average molecular weight is 368 g/mol. The molecule has 7 nitrogen and oxygen atoms in total. The first-order valence-corrected chi connectivity index (χ1v) is 10.0. The number of carbonyl (C=O) groups is 1. The zero-order valence-electron chi connectivity index (χ0n) is 15.8. The monoisotopic (exact) mass is 368 g/mol. The number of benzene rings is 1. The van der Waals surface area contributed by atoms with E-state index in [0.29, 0.717) is 24.9 Å². The third-order valence-electron chi connectivity index (χ3n) is 5.84. The number of piperidine rings is 1. The molecule has 2 aromatic rings. The molecule has 3 aliphatic heterocycles. The highest BCUT2D eigenvalue weighted by molar-refractivity contribution is 5.76. The maximum atomic E-state index is 12.8. The Bertz CT molecular complexity index is 719. The predicted molar refractivity (Wildman–Crippen MR) is 102 cm³/mol. The van der Waals surface area contributed by atoms with Crippen molar-refractivity contribution in [1.29, 1.82) is 0 Å². The molecule has 0 aliphatic carbocycles. The molecular formula is C20H28N6O. The van der Waals surface area contributed by atoms with Gasteiger partial charge in [-0.05, 0) is 54.1 Å². The second kappa shape index (κ2) is 8.61. The van der Waals surface area contributed by atoms with Crippen molar-refractivity contribution >= 4 is 5.91 Å². The summed E-state index contributed by atoms with van der Waals surface area (Å²) in [5, 5.41) is 11.1. The number of aromatic nitrogens is 4.